The second-order valence-corrected chi connectivity index (χ2v) is 11.3. The predicted octanol–water partition coefficient (Wildman–Crippen LogP) is 5.82. The number of carbonyl (C=O) groups excluding carboxylic acids is 2. The number of hydrogen-bond acceptors (Lipinski definition) is 5. The zero-order valence-electron chi connectivity index (χ0n) is 21.2. The summed E-state index contributed by atoms with van der Waals surface area (Å²) < 4.78 is 17.3. The van der Waals surface area contributed by atoms with Gasteiger partial charge in [0.15, 0.2) is 5.78 Å². The molecule has 0 bridgehead atoms. The van der Waals surface area contributed by atoms with Gasteiger partial charge in [-0.05, 0) is 71.9 Å². The molecule has 1 heterocycles. The maximum Gasteiger partial charge on any atom is 0.302 e. The van der Waals surface area contributed by atoms with Crippen molar-refractivity contribution in [2.24, 2.45) is 22.7 Å². The molecule has 0 N–H and O–H groups in total. The first-order chi connectivity index (χ1) is 16.0. The normalized spacial score (nSPS) is 33.1. The molecule has 180 valence electrons. The quantitative estimate of drug-likeness (QED) is 0.538. The van der Waals surface area contributed by atoms with Crippen LogP contribution < -0.4 is 4.74 Å². The SMILES string of the molecule is COc1cc2c(c(C)c1-c1ccoc1)C[C@@H]1[C@@]3(C)C=CC(=O)C(C)(C)[C@@H]3C[C@@H](OC(C)=O)[C@@]21C. The van der Waals surface area contributed by atoms with E-state index in [1.165, 1.54) is 23.6 Å². The minimum absolute atomic E-state index is 0.0739. The first-order valence-electron chi connectivity index (χ1n) is 12.1. The van der Waals surface area contributed by atoms with Crippen LogP contribution in [0.1, 0.15) is 57.7 Å². The fourth-order valence-electron chi connectivity index (χ4n) is 7.64. The van der Waals surface area contributed by atoms with Crippen LogP contribution in [-0.2, 0) is 26.2 Å². The molecule has 0 spiro atoms. The van der Waals surface area contributed by atoms with E-state index in [9.17, 15) is 9.59 Å². The molecule has 0 unspecified atom stereocenters. The zero-order valence-corrected chi connectivity index (χ0v) is 21.2. The number of fused-ring (bicyclic) bond motifs is 5. The van der Waals surface area contributed by atoms with Gasteiger partial charge in [0.05, 0.1) is 19.6 Å². The van der Waals surface area contributed by atoms with Gasteiger partial charge in [0.25, 0.3) is 0 Å². The molecule has 3 aliphatic carbocycles. The summed E-state index contributed by atoms with van der Waals surface area (Å²) in [7, 11) is 1.69. The molecular formula is C29H34O5. The van der Waals surface area contributed by atoms with E-state index >= 15 is 0 Å². The Labute approximate surface area is 201 Å². The van der Waals surface area contributed by atoms with E-state index < -0.39 is 10.8 Å². The van der Waals surface area contributed by atoms with Crippen LogP contribution in [0.2, 0.25) is 0 Å². The summed E-state index contributed by atoms with van der Waals surface area (Å²) in [4.78, 5) is 25.2. The lowest BCUT2D eigenvalue weighted by molar-refractivity contribution is -0.169. The van der Waals surface area contributed by atoms with Crippen molar-refractivity contribution in [1.29, 1.82) is 0 Å². The number of carbonyl (C=O) groups is 2. The van der Waals surface area contributed by atoms with Gasteiger partial charge >= 0.3 is 5.97 Å². The minimum atomic E-state index is -0.521. The Kier molecular flexibility index (Phi) is 4.95. The second kappa shape index (κ2) is 7.34. The number of ketones is 1. The lowest BCUT2D eigenvalue weighted by Crippen LogP contribution is -2.61. The van der Waals surface area contributed by atoms with Gasteiger partial charge in [0.1, 0.15) is 11.9 Å². The smallest absolute Gasteiger partial charge is 0.302 e. The maximum atomic E-state index is 12.9. The molecule has 5 heteroatoms. The Balaban J connectivity index is 1.76. The van der Waals surface area contributed by atoms with Crippen molar-refractivity contribution in [2.45, 2.75) is 65.9 Å². The van der Waals surface area contributed by atoms with Gasteiger partial charge < -0.3 is 13.9 Å². The monoisotopic (exact) mass is 462 g/mol. The Morgan fingerprint density at radius 1 is 1.18 bits per heavy atom. The van der Waals surface area contributed by atoms with E-state index in [4.69, 9.17) is 13.9 Å². The van der Waals surface area contributed by atoms with E-state index in [1.54, 1.807) is 25.7 Å². The third-order valence-electron chi connectivity index (χ3n) is 9.45. The van der Waals surface area contributed by atoms with Crippen molar-refractivity contribution >= 4 is 11.8 Å². The first-order valence-corrected chi connectivity index (χ1v) is 12.1. The largest absolute Gasteiger partial charge is 0.496 e. The number of benzene rings is 1. The standard InChI is InChI=1S/C29H34O5/c1-16-19-12-23-28(5)10-8-24(31)27(3,4)22(28)14-25(34-17(2)30)29(23,6)20(19)13-21(32-7)26(16)18-9-11-33-15-18/h8-11,13,15,22-23,25H,12,14H2,1-7H3/t22-,23+,25+,28-,29-/m0/s1. The fourth-order valence-corrected chi connectivity index (χ4v) is 7.64. The maximum absolute atomic E-state index is 12.9. The van der Waals surface area contributed by atoms with Gasteiger partial charge in [-0.3, -0.25) is 9.59 Å². The number of allylic oxidation sites excluding steroid dienone is 2. The van der Waals surface area contributed by atoms with Crippen LogP contribution in [0, 0.1) is 29.6 Å². The van der Waals surface area contributed by atoms with Crippen LogP contribution in [0.4, 0.5) is 0 Å². The predicted molar refractivity (Wildman–Crippen MR) is 130 cm³/mol. The molecule has 3 aliphatic rings. The highest BCUT2D eigenvalue weighted by Gasteiger charge is 2.66. The summed E-state index contributed by atoms with van der Waals surface area (Å²) in [5, 5.41) is 0. The van der Waals surface area contributed by atoms with Crippen molar-refractivity contribution in [2.75, 3.05) is 7.11 Å². The number of ether oxygens (including phenoxy) is 2. The Morgan fingerprint density at radius 3 is 2.53 bits per heavy atom. The van der Waals surface area contributed by atoms with E-state index in [0.29, 0.717) is 6.42 Å². The van der Waals surface area contributed by atoms with Gasteiger partial charge in [-0.15, -0.1) is 0 Å². The molecule has 0 aliphatic heterocycles. The summed E-state index contributed by atoms with van der Waals surface area (Å²) in [6.45, 7) is 12.3. The second-order valence-electron chi connectivity index (χ2n) is 11.3. The Bertz CT molecular complexity index is 1200. The number of esters is 1. The molecule has 1 aromatic heterocycles. The molecule has 0 amide bonds. The molecule has 5 nitrogen and oxygen atoms in total. The van der Waals surface area contributed by atoms with Crippen LogP contribution in [0.25, 0.3) is 11.1 Å². The zero-order chi connectivity index (χ0) is 24.6. The van der Waals surface area contributed by atoms with Gasteiger partial charge in [0, 0.05) is 28.9 Å². The van der Waals surface area contributed by atoms with Crippen LogP contribution in [0.3, 0.4) is 0 Å². The number of rotatable bonds is 3. The molecular weight excluding hydrogens is 428 g/mol. The third kappa shape index (κ3) is 2.85. The van der Waals surface area contributed by atoms with Crippen LogP contribution in [0.5, 0.6) is 5.75 Å². The lowest BCUT2D eigenvalue weighted by Gasteiger charge is -2.60. The van der Waals surface area contributed by atoms with Crippen LogP contribution in [0.15, 0.2) is 41.2 Å². The van der Waals surface area contributed by atoms with Crippen LogP contribution in [-0.4, -0.2) is 25.0 Å². The average Bonchev–Trinajstić information content (AvgIpc) is 3.40. The fraction of sp³-hybridized carbons (Fsp3) is 0.517. The molecule has 0 radical (unpaired) electrons. The lowest BCUT2D eigenvalue weighted by atomic mass is 9.44. The van der Waals surface area contributed by atoms with E-state index in [-0.39, 0.29) is 35.1 Å². The molecule has 2 aromatic rings. The molecule has 0 saturated heterocycles. The molecule has 5 atom stereocenters. The first kappa shape index (κ1) is 22.9. The van der Waals surface area contributed by atoms with Gasteiger partial charge in [0.2, 0.25) is 0 Å². The number of furan rings is 1. The topological polar surface area (TPSA) is 65.7 Å². The molecule has 1 aromatic carbocycles. The van der Waals surface area contributed by atoms with E-state index in [1.807, 2.05) is 19.9 Å². The van der Waals surface area contributed by atoms with Crippen molar-refractivity contribution in [1.82, 2.24) is 0 Å². The molecule has 34 heavy (non-hydrogen) atoms. The van der Waals surface area contributed by atoms with Crippen molar-refractivity contribution in [3.8, 4) is 16.9 Å². The summed E-state index contributed by atoms with van der Waals surface area (Å²) in [6, 6.07) is 4.10. The highest BCUT2D eigenvalue weighted by atomic mass is 16.5. The van der Waals surface area contributed by atoms with Crippen molar-refractivity contribution < 1.29 is 23.5 Å². The van der Waals surface area contributed by atoms with Gasteiger partial charge in [-0.25, -0.2) is 0 Å². The minimum Gasteiger partial charge on any atom is -0.496 e. The summed E-state index contributed by atoms with van der Waals surface area (Å²) in [5.74, 6) is 0.907. The summed E-state index contributed by atoms with van der Waals surface area (Å²) >= 11 is 0. The van der Waals surface area contributed by atoms with Gasteiger partial charge in [-0.2, -0.15) is 0 Å². The highest BCUT2D eigenvalue weighted by Crippen LogP contribution is 2.67. The molecule has 5 rings (SSSR count). The Hall–Kier alpha value is -2.82. The van der Waals surface area contributed by atoms with E-state index in [2.05, 4.69) is 32.9 Å². The van der Waals surface area contributed by atoms with Crippen LogP contribution >= 0.6 is 0 Å². The number of hydrogen-bond donors (Lipinski definition) is 0. The molecule has 1 saturated carbocycles. The van der Waals surface area contributed by atoms with Crippen molar-refractivity contribution in [3.05, 3.63) is 53.5 Å². The highest BCUT2D eigenvalue weighted by molar-refractivity contribution is 5.96. The summed E-state index contributed by atoms with van der Waals surface area (Å²) in [5.41, 5.74) is 4.53. The third-order valence-corrected chi connectivity index (χ3v) is 9.45. The van der Waals surface area contributed by atoms with Gasteiger partial charge in [-0.1, -0.05) is 33.8 Å². The Morgan fingerprint density at radius 2 is 1.91 bits per heavy atom. The van der Waals surface area contributed by atoms with Crippen molar-refractivity contribution in [3.63, 3.8) is 0 Å². The average molecular weight is 463 g/mol. The van der Waals surface area contributed by atoms with E-state index in [0.717, 1.165) is 23.3 Å². The number of methoxy groups -OCH3 is 1. The summed E-state index contributed by atoms with van der Waals surface area (Å²) in [6.07, 6.45) is 8.54. The molecule has 1 fully saturated rings.